The summed E-state index contributed by atoms with van der Waals surface area (Å²) in [7, 11) is 0. The summed E-state index contributed by atoms with van der Waals surface area (Å²) in [5.41, 5.74) is 3.73. The number of nitrogens with one attached hydrogen (secondary N) is 1. The minimum absolute atomic E-state index is 0.0292. The SMILES string of the molecule is C[C@@H]1CCCC[C@@H]1NC(=O)c1ccc(Cn2nnc3ccccc32)cc1. The summed E-state index contributed by atoms with van der Waals surface area (Å²) in [6.07, 6.45) is 4.78. The van der Waals surface area contributed by atoms with Crippen LogP contribution in [0.2, 0.25) is 0 Å². The maximum Gasteiger partial charge on any atom is 0.251 e. The van der Waals surface area contributed by atoms with Gasteiger partial charge in [-0.15, -0.1) is 5.10 Å². The van der Waals surface area contributed by atoms with Gasteiger partial charge < -0.3 is 5.32 Å². The van der Waals surface area contributed by atoms with Crippen LogP contribution in [0, 0.1) is 5.92 Å². The number of rotatable bonds is 4. The molecule has 3 aromatic rings. The van der Waals surface area contributed by atoms with Crippen molar-refractivity contribution in [1.29, 1.82) is 0 Å². The van der Waals surface area contributed by atoms with E-state index in [1.807, 2.05) is 53.2 Å². The van der Waals surface area contributed by atoms with Crippen LogP contribution in [-0.4, -0.2) is 26.9 Å². The maximum absolute atomic E-state index is 12.5. The van der Waals surface area contributed by atoms with Gasteiger partial charge in [0.2, 0.25) is 0 Å². The molecule has 0 saturated heterocycles. The van der Waals surface area contributed by atoms with E-state index in [2.05, 4.69) is 22.6 Å². The third-order valence-electron chi connectivity index (χ3n) is 5.40. The number of carbonyl (C=O) groups is 1. The van der Waals surface area contributed by atoms with Crippen molar-refractivity contribution in [3.63, 3.8) is 0 Å². The molecule has 26 heavy (non-hydrogen) atoms. The van der Waals surface area contributed by atoms with E-state index in [0.717, 1.165) is 28.6 Å². The number of carbonyl (C=O) groups excluding carboxylic acids is 1. The van der Waals surface area contributed by atoms with Crippen molar-refractivity contribution >= 4 is 16.9 Å². The highest BCUT2D eigenvalue weighted by atomic mass is 16.1. The summed E-state index contributed by atoms with van der Waals surface area (Å²) >= 11 is 0. The third-order valence-corrected chi connectivity index (χ3v) is 5.40. The Morgan fingerprint density at radius 1 is 1.12 bits per heavy atom. The van der Waals surface area contributed by atoms with E-state index in [1.165, 1.54) is 19.3 Å². The van der Waals surface area contributed by atoms with Gasteiger partial charge in [-0.2, -0.15) is 0 Å². The molecule has 1 amide bonds. The van der Waals surface area contributed by atoms with E-state index in [9.17, 15) is 4.79 Å². The first-order valence-electron chi connectivity index (χ1n) is 9.39. The predicted octanol–water partition coefficient (Wildman–Crippen LogP) is 3.79. The molecule has 0 aliphatic heterocycles. The number of nitrogens with zero attached hydrogens (tertiary/aromatic N) is 3. The molecule has 5 nitrogen and oxygen atoms in total. The molecule has 1 fully saturated rings. The number of para-hydroxylation sites is 1. The molecular weight excluding hydrogens is 324 g/mol. The Morgan fingerprint density at radius 2 is 1.88 bits per heavy atom. The molecule has 1 aliphatic rings. The zero-order chi connectivity index (χ0) is 17.9. The molecule has 0 spiro atoms. The number of amides is 1. The van der Waals surface area contributed by atoms with Crippen molar-refractivity contribution < 1.29 is 4.79 Å². The molecule has 134 valence electrons. The molecule has 1 N–H and O–H groups in total. The van der Waals surface area contributed by atoms with Gasteiger partial charge in [-0.25, -0.2) is 4.68 Å². The predicted molar refractivity (Wildman–Crippen MR) is 102 cm³/mol. The molecule has 0 bridgehead atoms. The van der Waals surface area contributed by atoms with Gasteiger partial charge in [-0.3, -0.25) is 4.79 Å². The first-order valence-corrected chi connectivity index (χ1v) is 9.39. The lowest BCUT2D eigenvalue weighted by atomic mass is 9.86. The molecule has 1 aromatic heterocycles. The number of hydrogen-bond donors (Lipinski definition) is 1. The summed E-state index contributed by atoms with van der Waals surface area (Å²) in [5.74, 6) is 0.592. The first kappa shape index (κ1) is 16.8. The summed E-state index contributed by atoms with van der Waals surface area (Å²) in [6.45, 7) is 2.87. The molecule has 0 radical (unpaired) electrons. The summed E-state index contributed by atoms with van der Waals surface area (Å²) < 4.78 is 1.88. The Morgan fingerprint density at radius 3 is 2.69 bits per heavy atom. The lowest BCUT2D eigenvalue weighted by molar-refractivity contribution is 0.0910. The average molecular weight is 348 g/mol. The molecule has 0 unspecified atom stereocenters. The van der Waals surface area contributed by atoms with Crippen LogP contribution in [0.15, 0.2) is 48.5 Å². The van der Waals surface area contributed by atoms with E-state index in [1.54, 1.807) is 0 Å². The van der Waals surface area contributed by atoms with Crippen LogP contribution in [0.1, 0.15) is 48.5 Å². The van der Waals surface area contributed by atoms with Crippen molar-refractivity contribution in [2.45, 2.75) is 45.2 Å². The average Bonchev–Trinajstić information content (AvgIpc) is 3.07. The molecule has 1 heterocycles. The minimum Gasteiger partial charge on any atom is -0.349 e. The summed E-state index contributed by atoms with van der Waals surface area (Å²) in [6, 6.07) is 16.0. The van der Waals surface area contributed by atoms with Gasteiger partial charge in [0.25, 0.3) is 5.91 Å². The Bertz CT molecular complexity index is 900. The quantitative estimate of drug-likeness (QED) is 0.780. The molecular formula is C21H24N4O. The Labute approximate surface area is 153 Å². The van der Waals surface area contributed by atoms with Crippen molar-refractivity contribution in [2.75, 3.05) is 0 Å². The van der Waals surface area contributed by atoms with Crippen LogP contribution in [-0.2, 0) is 6.54 Å². The van der Waals surface area contributed by atoms with Gasteiger partial charge in [-0.1, -0.05) is 49.2 Å². The fraction of sp³-hybridized carbons (Fsp3) is 0.381. The third kappa shape index (κ3) is 3.47. The number of hydrogen-bond acceptors (Lipinski definition) is 3. The minimum atomic E-state index is 0.0292. The summed E-state index contributed by atoms with van der Waals surface area (Å²) in [5, 5.41) is 11.6. The van der Waals surface area contributed by atoms with E-state index in [-0.39, 0.29) is 5.91 Å². The van der Waals surface area contributed by atoms with Gasteiger partial charge in [0.05, 0.1) is 12.1 Å². The molecule has 1 saturated carbocycles. The Kier molecular flexibility index (Phi) is 4.69. The van der Waals surface area contributed by atoms with Gasteiger partial charge in [0, 0.05) is 11.6 Å². The van der Waals surface area contributed by atoms with Crippen molar-refractivity contribution in [1.82, 2.24) is 20.3 Å². The van der Waals surface area contributed by atoms with Crippen LogP contribution in [0.5, 0.6) is 0 Å². The zero-order valence-corrected chi connectivity index (χ0v) is 15.1. The van der Waals surface area contributed by atoms with E-state index >= 15 is 0 Å². The Balaban J connectivity index is 1.44. The molecule has 1 aliphatic carbocycles. The van der Waals surface area contributed by atoms with Gasteiger partial charge in [0.1, 0.15) is 5.52 Å². The van der Waals surface area contributed by atoms with Gasteiger partial charge in [0.15, 0.2) is 0 Å². The maximum atomic E-state index is 12.5. The van der Waals surface area contributed by atoms with Gasteiger partial charge in [-0.05, 0) is 48.6 Å². The highest BCUT2D eigenvalue weighted by Gasteiger charge is 2.23. The largest absolute Gasteiger partial charge is 0.349 e. The van der Waals surface area contributed by atoms with Crippen LogP contribution in [0.3, 0.4) is 0 Å². The monoisotopic (exact) mass is 348 g/mol. The second kappa shape index (κ2) is 7.28. The number of benzene rings is 2. The Hall–Kier alpha value is -2.69. The summed E-state index contributed by atoms with van der Waals surface area (Å²) in [4.78, 5) is 12.5. The second-order valence-electron chi connectivity index (χ2n) is 7.27. The normalized spacial score (nSPS) is 20.2. The van der Waals surface area contributed by atoms with Crippen LogP contribution in [0.25, 0.3) is 11.0 Å². The van der Waals surface area contributed by atoms with E-state index in [4.69, 9.17) is 0 Å². The lowest BCUT2D eigenvalue weighted by Crippen LogP contribution is -2.41. The highest BCUT2D eigenvalue weighted by molar-refractivity contribution is 5.94. The van der Waals surface area contributed by atoms with Gasteiger partial charge >= 0.3 is 0 Å². The lowest BCUT2D eigenvalue weighted by Gasteiger charge is -2.29. The second-order valence-corrected chi connectivity index (χ2v) is 7.27. The molecule has 5 heteroatoms. The topological polar surface area (TPSA) is 59.8 Å². The first-order chi connectivity index (χ1) is 12.7. The highest BCUT2D eigenvalue weighted by Crippen LogP contribution is 2.24. The van der Waals surface area contributed by atoms with Crippen LogP contribution >= 0.6 is 0 Å². The van der Waals surface area contributed by atoms with Crippen LogP contribution in [0.4, 0.5) is 0 Å². The van der Waals surface area contributed by atoms with E-state index in [0.29, 0.717) is 18.5 Å². The molecule has 2 atom stereocenters. The standard InChI is InChI=1S/C21H24N4O/c1-15-6-2-3-7-18(15)22-21(26)17-12-10-16(11-13-17)14-25-20-9-5-4-8-19(20)23-24-25/h4-5,8-13,15,18H,2-3,6-7,14H2,1H3,(H,22,26)/t15-,18+/m1/s1. The van der Waals surface area contributed by atoms with Crippen LogP contribution < -0.4 is 5.32 Å². The fourth-order valence-corrected chi connectivity index (χ4v) is 3.75. The molecule has 2 aromatic carbocycles. The van der Waals surface area contributed by atoms with Crippen molar-refractivity contribution in [3.8, 4) is 0 Å². The van der Waals surface area contributed by atoms with Crippen molar-refractivity contribution in [2.24, 2.45) is 5.92 Å². The molecule has 4 rings (SSSR count). The van der Waals surface area contributed by atoms with E-state index < -0.39 is 0 Å². The van der Waals surface area contributed by atoms with Crippen molar-refractivity contribution in [3.05, 3.63) is 59.7 Å². The zero-order valence-electron chi connectivity index (χ0n) is 15.1. The fourth-order valence-electron chi connectivity index (χ4n) is 3.75. The number of aromatic nitrogens is 3. The number of fused-ring (bicyclic) bond motifs is 1. The smallest absolute Gasteiger partial charge is 0.251 e.